The van der Waals surface area contributed by atoms with E-state index in [1.807, 2.05) is 6.92 Å². The SMILES string of the molecule is CC1CN(S(=O)(=O)c2cc(CN)n(C)c2)CCO1. The number of ether oxygens (including phenoxy) is 1. The Kier molecular flexibility index (Phi) is 3.76. The number of hydrogen-bond donors (Lipinski definition) is 1. The number of hydrogen-bond acceptors (Lipinski definition) is 4. The largest absolute Gasteiger partial charge is 0.376 e. The Morgan fingerprint density at radius 1 is 1.56 bits per heavy atom. The van der Waals surface area contributed by atoms with Crippen molar-refractivity contribution in [3.63, 3.8) is 0 Å². The molecule has 0 aromatic carbocycles. The van der Waals surface area contributed by atoms with Gasteiger partial charge in [0, 0.05) is 38.6 Å². The zero-order valence-electron chi connectivity index (χ0n) is 10.7. The van der Waals surface area contributed by atoms with Gasteiger partial charge in [-0.1, -0.05) is 0 Å². The van der Waals surface area contributed by atoms with Crippen LogP contribution in [0.2, 0.25) is 0 Å². The molecule has 2 heterocycles. The van der Waals surface area contributed by atoms with Gasteiger partial charge in [-0.2, -0.15) is 4.31 Å². The summed E-state index contributed by atoms with van der Waals surface area (Å²) >= 11 is 0. The van der Waals surface area contributed by atoms with Gasteiger partial charge < -0.3 is 15.0 Å². The molecule has 1 unspecified atom stereocenters. The van der Waals surface area contributed by atoms with Crippen LogP contribution < -0.4 is 5.73 Å². The van der Waals surface area contributed by atoms with Crippen molar-refractivity contribution in [2.75, 3.05) is 19.7 Å². The van der Waals surface area contributed by atoms with E-state index in [2.05, 4.69) is 0 Å². The average Bonchev–Trinajstić information content (AvgIpc) is 2.71. The molecule has 2 N–H and O–H groups in total. The van der Waals surface area contributed by atoms with Crippen LogP contribution in [-0.2, 0) is 28.4 Å². The predicted molar refractivity (Wildman–Crippen MR) is 67.5 cm³/mol. The van der Waals surface area contributed by atoms with Gasteiger partial charge in [0.2, 0.25) is 10.0 Å². The second-order valence-corrected chi connectivity index (χ2v) is 6.46. The number of rotatable bonds is 3. The van der Waals surface area contributed by atoms with Crippen LogP contribution >= 0.6 is 0 Å². The van der Waals surface area contributed by atoms with Gasteiger partial charge in [0.25, 0.3) is 0 Å². The standard InChI is InChI=1S/C11H19N3O3S/c1-9-7-14(3-4-17-9)18(15,16)11-5-10(6-12)13(2)8-11/h5,8-9H,3-4,6-7,12H2,1-2H3. The summed E-state index contributed by atoms with van der Waals surface area (Å²) in [6.45, 7) is 3.44. The average molecular weight is 273 g/mol. The molecule has 0 spiro atoms. The van der Waals surface area contributed by atoms with E-state index in [9.17, 15) is 8.42 Å². The molecule has 102 valence electrons. The molecule has 1 atom stereocenters. The van der Waals surface area contributed by atoms with Crippen LogP contribution in [0.25, 0.3) is 0 Å². The summed E-state index contributed by atoms with van der Waals surface area (Å²) in [5.74, 6) is 0. The summed E-state index contributed by atoms with van der Waals surface area (Å²) in [6.07, 6.45) is 1.55. The first-order chi connectivity index (χ1) is 8.45. The van der Waals surface area contributed by atoms with Crippen LogP contribution in [0.5, 0.6) is 0 Å². The lowest BCUT2D eigenvalue weighted by Gasteiger charge is -2.29. The summed E-state index contributed by atoms with van der Waals surface area (Å²) in [5, 5.41) is 0. The van der Waals surface area contributed by atoms with Crippen LogP contribution in [0, 0.1) is 0 Å². The van der Waals surface area contributed by atoms with Crippen molar-refractivity contribution in [1.82, 2.24) is 8.87 Å². The van der Waals surface area contributed by atoms with Crippen molar-refractivity contribution >= 4 is 10.0 Å². The van der Waals surface area contributed by atoms with Crippen LogP contribution in [0.4, 0.5) is 0 Å². The third-order valence-corrected chi connectivity index (χ3v) is 4.96. The molecular weight excluding hydrogens is 254 g/mol. The molecule has 7 heteroatoms. The highest BCUT2D eigenvalue weighted by Gasteiger charge is 2.30. The number of morpholine rings is 1. The predicted octanol–water partition coefficient (Wildman–Crippen LogP) is -0.107. The van der Waals surface area contributed by atoms with E-state index in [1.54, 1.807) is 23.9 Å². The van der Waals surface area contributed by atoms with Gasteiger partial charge in [0.1, 0.15) is 4.90 Å². The Hall–Kier alpha value is -0.890. The molecule has 18 heavy (non-hydrogen) atoms. The van der Waals surface area contributed by atoms with Gasteiger partial charge in [0.15, 0.2) is 0 Å². The van der Waals surface area contributed by atoms with Crippen molar-refractivity contribution in [3.05, 3.63) is 18.0 Å². The quantitative estimate of drug-likeness (QED) is 0.834. The Labute approximate surface area is 107 Å². The number of sulfonamides is 1. The summed E-state index contributed by atoms with van der Waals surface area (Å²) in [6, 6.07) is 1.63. The van der Waals surface area contributed by atoms with Crippen LogP contribution in [0.15, 0.2) is 17.2 Å². The first kappa shape index (κ1) is 13.5. The highest BCUT2D eigenvalue weighted by atomic mass is 32.2. The van der Waals surface area contributed by atoms with Gasteiger partial charge in [-0.05, 0) is 13.0 Å². The first-order valence-corrected chi connectivity index (χ1v) is 7.36. The maximum atomic E-state index is 12.4. The number of aryl methyl sites for hydroxylation is 1. The fraction of sp³-hybridized carbons (Fsp3) is 0.636. The van der Waals surface area contributed by atoms with E-state index in [-0.39, 0.29) is 6.10 Å². The fourth-order valence-electron chi connectivity index (χ4n) is 2.07. The monoisotopic (exact) mass is 273 g/mol. The zero-order chi connectivity index (χ0) is 13.3. The molecule has 6 nitrogen and oxygen atoms in total. The number of nitrogens with two attached hydrogens (primary N) is 1. The van der Waals surface area contributed by atoms with Crippen LogP contribution in [-0.4, -0.2) is 43.1 Å². The Balaban J connectivity index is 2.29. The highest BCUT2D eigenvalue weighted by Crippen LogP contribution is 2.20. The van der Waals surface area contributed by atoms with E-state index in [0.29, 0.717) is 31.1 Å². The van der Waals surface area contributed by atoms with Crippen molar-refractivity contribution in [2.24, 2.45) is 12.8 Å². The van der Waals surface area contributed by atoms with Gasteiger partial charge >= 0.3 is 0 Å². The molecule has 2 rings (SSSR count). The molecule has 1 aliphatic rings. The number of nitrogens with zero attached hydrogens (tertiary/aromatic N) is 2. The third kappa shape index (κ3) is 2.44. The minimum Gasteiger partial charge on any atom is -0.376 e. The molecule has 0 radical (unpaired) electrons. The van der Waals surface area contributed by atoms with Crippen LogP contribution in [0.3, 0.4) is 0 Å². The zero-order valence-corrected chi connectivity index (χ0v) is 11.5. The summed E-state index contributed by atoms with van der Waals surface area (Å²) in [4.78, 5) is 0.305. The fourth-order valence-corrected chi connectivity index (χ4v) is 3.67. The minimum atomic E-state index is -3.43. The van der Waals surface area contributed by atoms with Gasteiger partial charge in [0.05, 0.1) is 12.7 Å². The Morgan fingerprint density at radius 3 is 2.83 bits per heavy atom. The first-order valence-electron chi connectivity index (χ1n) is 5.92. The maximum absolute atomic E-state index is 12.4. The summed E-state index contributed by atoms with van der Waals surface area (Å²) < 4.78 is 33.4. The molecule has 0 aliphatic carbocycles. The van der Waals surface area contributed by atoms with E-state index in [1.165, 1.54) is 4.31 Å². The second kappa shape index (κ2) is 5.00. The second-order valence-electron chi connectivity index (χ2n) is 4.53. The van der Waals surface area contributed by atoms with Crippen molar-refractivity contribution in [1.29, 1.82) is 0 Å². The van der Waals surface area contributed by atoms with Crippen molar-refractivity contribution < 1.29 is 13.2 Å². The molecule has 0 bridgehead atoms. The van der Waals surface area contributed by atoms with Crippen molar-refractivity contribution in [2.45, 2.75) is 24.5 Å². The van der Waals surface area contributed by atoms with Gasteiger partial charge in [-0.3, -0.25) is 0 Å². The Morgan fingerprint density at radius 2 is 2.28 bits per heavy atom. The highest BCUT2D eigenvalue weighted by molar-refractivity contribution is 7.89. The lowest BCUT2D eigenvalue weighted by Crippen LogP contribution is -2.44. The van der Waals surface area contributed by atoms with E-state index in [4.69, 9.17) is 10.5 Å². The van der Waals surface area contributed by atoms with Crippen molar-refractivity contribution in [3.8, 4) is 0 Å². The van der Waals surface area contributed by atoms with Gasteiger partial charge in [-0.15, -0.1) is 0 Å². The lowest BCUT2D eigenvalue weighted by molar-refractivity contribution is 0.0102. The molecule has 0 saturated carbocycles. The molecule has 1 aromatic rings. The van der Waals surface area contributed by atoms with E-state index < -0.39 is 10.0 Å². The van der Waals surface area contributed by atoms with Crippen LogP contribution in [0.1, 0.15) is 12.6 Å². The summed E-state index contributed by atoms with van der Waals surface area (Å²) in [7, 11) is -1.63. The minimum absolute atomic E-state index is 0.0637. The van der Waals surface area contributed by atoms with E-state index >= 15 is 0 Å². The molecule has 1 fully saturated rings. The smallest absolute Gasteiger partial charge is 0.244 e. The molecular formula is C11H19N3O3S. The van der Waals surface area contributed by atoms with E-state index in [0.717, 1.165) is 5.69 Å². The summed E-state index contributed by atoms with van der Waals surface area (Å²) in [5.41, 5.74) is 6.36. The third-order valence-electron chi connectivity index (χ3n) is 3.13. The normalized spacial score (nSPS) is 22.3. The molecule has 1 aromatic heterocycles. The molecule has 1 aliphatic heterocycles. The maximum Gasteiger partial charge on any atom is 0.244 e. The lowest BCUT2D eigenvalue weighted by atomic mass is 10.3. The topological polar surface area (TPSA) is 77.6 Å². The number of aromatic nitrogens is 1. The Bertz CT molecular complexity index is 524. The molecule has 1 saturated heterocycles. The molecule has 0 amide bonds. The van der Waals surface area contributed by atoms with Gasteiger partial charge in [-0.25, -0.2) is 8.42 Å².